The highest BCUT2D eigenvalue weighted by molar-refractivity contribution is 9.10. The van der Waals surface area contributed by atoms with Crippen LogP contribution in [0.1, 0.15) is 0 Å². The predicted octanol–water partition coefficient (Wildman–Crippen LogP) is 2.07. The van der Waals surface area contributed by atoms with Crippen LogP contribution in [-0.2, 0) is 9.84 Å². The molecule has 1 aromatic carbocycles. The Bertz CT molecular complexity index is 582. The second kappa shape index (κ2) is 4.31. The van der Waals surface area contributed by atoms with Gasteiger partial charge in [-0.1, -0.05) is 18.2 Å². The minimum Gasteiger partial charge on any atom is -0.225 e. The Kier molecular flexibility index (Phi) is 3.02. The molecule has 1 aromatic heterocycles. The zero-order valence-electron chi connectivity index (χ0n) is 8.04. The van der Waals surface area contributed by atoms with E-state index in [1.54, 1.807) is 18.2 Å². The van der Waals surface area contributed by atoms with Crippen LogP contribution in [0.15, 0.2) is 57.3 Å². The van der Waals surface area contributed by atoms with E-state index in [-0.39, 0.29) is 10.1 Å². The van der Waals surface area contributed by atoms with Crippen molar-refractivity contribution in [1.82, 2.24) is 9.97 Å². The van der Waals surface area contributed by atoms with Gasteiger partial charge in [-0.15, -0.1) is 0 Å². The van der Waals surface area contributed by atoms with Crippen molar-refractivity contribution >= 4 is 25.8 Å². The lowest BCUT2D eigenvalue weighted by Gasteiger charge is -2.01. The smallest absolute Gasteiger partial charge is 0.225 e. The van der Waals surface area contributed by atoms with Gasteiger partial charge in [-0.25, -0.2) is 18.4 Å². The molecule has 16 heavy (non-hydrogen) atoms. The number of halogens is 1. The van der Waals surface area contributed by atoms with Crippen LogP contribution in [0.5, 0.6) is 0 Å². The van der Waals surface area contributed by atoms with Crippen LogP contribution in [0.3, 0.4) is 0 Å². The monoisotopic (exact) mass is 298 g/mol. The molecule has 6 heteroatoms. The van der Waals surface area contributed by atoms with Crippen LogP contribution in [-0.4, -0.2) is 18.4 Å². The molecule has 0 unspecified atom stereocenters. The SMILES string of the molecule is O=S(=O)(c1ccccc1)c1ncc(Br)cn1. The zero-order chi connectivity index (χ0) is 11.6. The maximum atomic E-state index is 12.0. The lowest BCUT2D eigenvalue weighted by atomic mass is 10.4. The molecule has 0 bridgehead atoms. The van der Waals surface area contributed by atoms with Crippen molar-refractivity contribution in [1.29, 1.82) is 0 Å². The highest BCUT2D eigenvalue weighted by Crippen LogP contribution is 2.17. The molecule has 0 spiro atoms. The van der Waals surface area contributed by atoms with E-state index in [4.69, 9.17) is 0 Å². The molecule has 0 aliphatic carbocycles. The van der Waals surface area contributed by atoms with Crippen molar-refractivity contribution in [2.24, 2.45) is 0 Å². The number of benzene rings is 1. The maximum Gasteiger partial charge on any atom is 0.252 e. The van der Waals surface area contributed by atoms with E-state index < -0.39 is 9.84 Å². The topological polar surface area (TPSA) is 59.9 Å². The van der Waals surface area contributed by atoms with Gasteiger partial charge in [0.2, 0.25) is 9.84 Å². The fourth-order valence-electron chi connectivity index (χ4n) is 1.14. The van der Waals surface area contributed by atoms with Crippen LogP contribution < -0.4 is 0 Å². The fraction of sp³-hybridized carbons (Fsp3) is 0. The third-order valence-electron chi connectivity index (χ3n) is 1.89. The van der Waals surface area contributed by atoms with E-state index in [1.165, 1.54) is 24.5 Å². The predicted molar refractivity (Wildman–Crippen MR) is 61.6 cm³/mol. The molecule has 82 valence electrons. The molecule has 0 saturated carbocycles. The van der Waals surface area contributed by atoms with Crippen LogP contribution in [0, 0.1) is 0 Å². The van der Waals surface area contributed by atoms with Crippen LogP contribution in [0.25, 0.3) is 0 Å². The second-order valence-corrected chi connectivity index (χ2v) is 5.76. The first-order valence-electron chi connectivity index (χ1n) is 4.38. The third kappa shape index (κ3) is 2.12. The standard InChI is InChI=1S/C10H7BrN2O2S/c11-8-6-12-10(13-7-8)16(14,15)9-4-2-1-3-5-9/h1-7H. The Labute approximate surface area is 101 Å². The van der Waals surface area contributed by atoms with Gasteiger partial charge >= 0.3 is 0 Å². The Morgan fingerprint density at radius 3 is 2.12 bits per heavy atom. The number of aromatic nitrogens is 2. The maximum absolute atomic E-state index is 12.0. The summed E-state index contributed by atoms with van der Waals surface area (Å²) in [6, 6.07) is 8.10. The molecule has 2 rings (SSSR count). The molecule has 0 amide bonds. The largest absolute Gasteiger partial charge is 0.252 e. The third-order valence-corrected chi connectivity index (χ3v) is 3.88. The van der Waals surface area contributed by atoms with Gasteiger partial charge in [0.1, 0.15) is 0 Å². The summed E-state index contributed by atoms with van der Waals surface area (Å²) in [5.74, 6) is 0. The average Bonchev–Trinajstić information content (AvgIpc) is 2.31. The summed E-state index contributed by atoms with van der Waals surface area (Å²) in [7, 11) is -3.60. The molecule has 0 saturated heterocycles. The fourth-order valence-corrected chi connectivity index (χ4v) is 2.46. The lowest BCUT2D eigenvalue weighted by molar-refractivity contribution is 0.586. The summed E-state index contributed by atoms with van der Waals surface area (Å²) < 4.78 is 24.6. The normalized spacial score (nSPS) is 11.3. The minimum absolute atomic E-state index is 0.192. The van der Waals surface area contributed by atoms with E-state index in [9.17, 15) is 8.42 Å². The van der Waals surface area contributed by atoms with Crippen LogP contribution in [0.4, 0.5) is 0 Å². The van der Waals surface area contributed by atoms with Gasteiger partial charge in [-0.2, -0.15) is 0 Å². The summed E-state index contributed by atoms with van der Waals surface area (Å²) in [6.07, 6.45) is 2.81. The van der Waals surface area contributed by atoms with Crippen LogP contribution in [0.2, 0.25) is 0 Å². The molecule has 0 aliphatic rings. The molecule has 2 aromatic rings. The molecule has 0 N–H and O–H groups in total. The first-order valence-corrected chi connectivity index (χ1v) is 6.66. The van der Waals surface area contributed by atoms with Crippen molar-refractivity contribution in [3.8, 4) is 0 Å². The molecular formula is C10H7BrN2O2S. The molecular weight excluding hydrogens is 292 g/mol. The van der Waals surface area contributed by atoms with E-state index >= 15 is 0 Å². The van der Waals surface area contributed by atoms with Gasteiger partial charge in [-0.3, -0.25) is 0 Å². The van der Waals surface area contributed by atoms with Gasteiger partial charge in [0, 0.05) is 12.4 Å². The van der Waals surface area contributed by atoms with Gasteiger partial charge in [0.15, 0.2) is 0 Å². The van der Waals surface area contributed by atoms with Gasteiger partial charge in [0.25, 0.3) is 5.16 Å². The van der Waals surface area contributed by atoms with Crippen molar-refractivity contribution in [2.75, 3.05) is 0 Å². The molecule has 0 fully saturated rings. The van der Waals surface area contributed by atoms with Crippen molar-refractivity contribution in [2.45, 2.75) is 10.1 Å². The minimum atomic E-state index is -3.60. The highest BCUT2D eigenvalue weighted by Gasteiger charge is 2.19. The Morgan fingerprint density at radius 2 is 1.56 bits per heavy atom. The number of sulfone groups is 1. The zero-order valence-corrected chi connectivity index (χ0v) is 10.4. The van der Waals surface area contributed by atoms with E-state index in [2.05, 4.69) is 25.9 Å². The number of hydrogen-bond donors (Lipinski definition) is 0. The second-order valence-electron chi connectivity index (χ2n) is 3.00. The molecule has 4 nitrogen and oxygen atoms in total. The molecule has 0 atom stereocenters. The van der Waals surface area contributed by atoms with E-state index in [0.29, 0.717) is 4.47 Å². The first kappa shape index (κ1) is 11.2. The van der Waals surface area contributed by atoms with Gasteiger partial charge < -0.3 is 0 Å². The van der Waals surface area contributed by atoms with Crippen molar-refractivity contribution < 1.29 is 8.42 Å². The molecule has 0 radical (unpaired) electrons. The lowest BCUT2D eigenvalue weighted by Crippen LogP contribution is -2.06. The van der Waals surface area contributed by atoms with Crippen molar-refractivity contribution in [3.05, 3.63) is 47.2 Å². The Hall–Kier alpha value is -1.27. The molecule has 1 heterocycles. The van der Waals surface area contributed by atoms with Gasteiger partial charge in [0.05, 0.1) is 9.37 Å². The first-order chi connectivity index (χ1) is 7.60. The van der Waals surface area contributed by atoms with E-state index in [0.717, 1.165) is 0 Å². The summed E-state index contributed by atoms with van der Waals surface area (Å²) in [6.45, 7) is 0. The summed E-state index contributed by atoms with van der Waals surface area (Å²) in [5, 5.41) is -0.193. The van der Waals surface area contributed by atoms with Crippen LogP contribution >= 0.6 is 15.9 Å². The Balaban J connectivity index is 2.52. The number of hydrogen-bond acceptors (Lipinski definition) is 4. The number of nitrogens with zero attached hydrogens (tertiary/aromatic N) is 2. The summed E-state index contributed by atoms with van der Waals surface area (Å²) >= 11 is 3.15. The molecule has 0 aliphatic heterocycles. The highest BCUT2D eigenvalue weighted by atomic mass is 79.9. The van der Waals surface area contributed by atoms with Gasteiger partial charge in [-0.05, 0) is 28.1 Å². The van der Waals surface area contributed by atoms with E-state index in [1.807, 2.05) is 0 Å². The summed E-state index contributed by atoms with van der Waals surface area (Å²) in [5.41, 5.74) is 0. The quantitative estimate of drug-likeness (QED) is 0.797. The Morgan fingerprint density at radius 1 is 1.00 bits per heavy atom. The summed E-state index contributed by atoms with van der Waals surface area (Å²) in [4.78, 5) is 7.75. The van der Waals surface area contributed by atoms with Crippen molar-refractivity contribution in [3.63, 3.8) is 0 Å². The number of rotatable bonds is 2. The average molecular weight is 299 g/mol.